The lowest BCUT2D eigenvalue weighted by atomic mass is 10.0. The lowest BCUT2D eigenvalue weighted by Gasteiger charge is -2.23. The lowest BCUT2D eigenvalue weighted by Crippen LogP contribution is -2.45. The summed E-state index contributed by atoms with van der Waals surface area (Å²) in [6.07, 6.45) is 3.92. The predicted octanol–water partition coefficient (Wildman–Crippen LogP) is 0.460. The Bertz CT molecular complexity index is 390. The smallest absolute Gasteiger partial charge is 0.305 e. The van der Waals surface area contributed by atoms with Gasteiger partial charge in [-0.2, -0.15) is 0 Å². The van der Waals surface area contributed by atoms with E-state index in [2.05, 4.69) is 15.3 Å². The van der Waals surface area contributed by atoms with Crippen LogP contribution < -0.4 is 5.32 Å². The molecule has 6 nitrogen and oxygen atoms in total. The molecule has 86 valence electrons. The zero-order chi connectivity index (χ0) is 12.2. The fourth-order valence-electron chi connectivity index (χ4n) is 1.22. The molecule has 0 aliphatic rings. The third-order valence-corrected chi connectivity index (χ3v) is 1.87. The number of amides is 1. The summed E-state index contributed by atoms with van der Waals surface area (Å²) in [5.74, 6) is -1.35. The first-order valence-electron chi connectivity index (χ1n) is 4.70. The first-order valence-corrected chi connectivity index (χ1v) is 4.70. The van der Waals surface area contributed by atoms with E-state index in [1.165, 1.54) is 18.7 Å². The van der Waals surface area contributed by atoms with Crippen molar-refractivity contribution < 1.29 is 14.7 Å². The van der Waals surface area contributed by atoms with Crippen molar-refractivity contribution in [2.45, 2.75) is 25.8 Å². The van der Waals surface area contributed by atoms with Crippen LogP contribution in [0.25, 0.3) is 0 Å². The molecule has 0 saturated carbocycles. The Morgan fingerprint density at radius 3 is 2.44 bits per heavy atom. The van der Waals surface area contributed by atoms with E-state index < -0.39 is 11.5 Å². The normalized spacial score (nSPS) is 10.9. The number of carboxylic acid groups (broad SMARTS) is 1. The number of aliphatic carboxylic acids is 1. The molecule has 0 spiro atoms. The minimum Gasteiger partial charge on any atom is -0.481 e. The van der Waals surface area contributed by atoms with Gasteiger partial charge < -0.3 is 10.4 Å². The van der Waals surface area contributed by atoms with Crippen LogP contribution in [-0.2, 0) is 4.79 Å². The maximum atomic E-state index is 11.7. The highest BCUT2D eigenvalue weighted by Crippen LogP contribution is 2.09. The second-order valence-corrected chi connectivity index (χ2v) is 4.04. The maximum absolute atomic E-state index is 11.7. The van der Waals surface area contributed by atoms with E-state index in [-0.39, 0.29) is 12.3 Å². The van der Waals surface area contributed by atoms with E-state index in [1.54, 1.807) is 13.8 Å². The number of carbonyl (C=O) groups excluding carboxylic acids is 1. The standard InChI is InChI=1S/C10H13N3O3/c1-10(2,3-8(14)15)13-9(16)7-4-11-6-12-5-7/h4-6H,3H2,1-2H3,(H,13,16)(H,14,15). The van der Waals surface area contributed by atoms with E-state index in [1.807, 2.05) is 0 Å². The van der Waals surface area contributed by atoms with Gasteiger partial charge in [-0.15, -0.1) is 0 Å². The summed E-state index contributed by atoms with van der Waals surface area (Å²) in [6.45, 7) is 3.28. The van der Waals surface area contributed by atoms with Crippen LogP contribution in [0.3, 0.4) is 0 Å². The average molecular weight is 223 g/mol. The minimum absolute atomic E-state index is 0.146. The van der Waals surface area contributed by atoms with Gasteiger partial charge in [0.25, 0.3) is 5.91 Å². The summed E-state index contributed by atoms with van der Waals surface area (Å²) in [5, 5.41) is 11.3. The van der Waals surface area contributed by atoms with Crippen molar-refractivity contribution in [1.29, 1.82) is 0 Å². The summed E-state index contributed by atoms with van der Waals surface area (Å²) < 4.78 is 0. The van der Waals surface area contributed by atoms with Gasteiger partial charge in [-0.25, -0.2) is 9.97 Å². The van der Waals surface area contributed by atoms with Gasteiger partial charge >= 0.3 is 5.97 Å². The minimum atomic E-state index is -0.963. The molecule has 16 heavy (non-hydrogen) atoms. The highest BCUT2D eigenvalue weighted by atomic mass is 16.4. The number of rotatable bonds is 4. The Hall–Kier alpha value is -1.98. The maximum Gasteiger partial charge on any atom is 0.305 e. The number of carboxylic acids is 1. The first-order chi connectivity index (χ1) is 7.41. The Kier molecular flexibility index (Phi) is 3.55. The van der Waals surface area contributed by atoms with Gasteiger partial charge in [0, 0.05) is 17.9 Å². The molecule has 1 heterocycles. The molecule has 0 radical (unpaired) electrons. The zero-order valence-electron chi connectivity index (χ0n) is 9.10. The SMILES string of the molecule is CC(C)(CC(=O)O)NC(=O)c1cncnc1. The molecule has 2 N–H and O–H groups in total. The van der Waals surface area contributed by atoms with Gasteiger partial charge in [0.2, 0.25) is 0 Å². The number of carbonyl (C=O) groups is 2. The van der Waals surface area contributed by atoms with Crippen LogP contribution in [0.5, 0.6) is 0 Å². The molecule has 0 atom stereocenters. The van der Waals surface area contributed by atoms with Gasteiger partial charge in [-0.1, -0.05) is 0 Å². The third kappa shape index (κ3) is 3.64. The van der Waals surface area contributed by atoms with Crippen LogP contribution in [0.15, 0.2) is 18.7 Å². The van der Waals surface area contributed by atoms with E-state index in [0.717, 1.165) is 0 Å². The first kappa shape index (κ1) is 12.1. The van der Waals surface area contributed by atoms with Crippen molar-refractivity contribution in [3.05, 3.63) is 24.3 Å². The van der Waals surface area contributed by atoms with Gasteiger partial charge in [0.15, 0.2) is 0 Å². The molecule has 1 amide bonds. The van der Waals surface area contributed by atoms with Gasteiger partial charge in [-0.05, 0) is 13.8 Å². The summed E-state index contributed by atoms with van der Waals surface area (Å²) >= 11 is 0. The summed E-state index contributed by atoms with van der Waals surface area (Å²) in [4.78, 5) is 29.6. The monoisotopic (exact) mass is 223 g/mol. The average Bonchev–Trinajstić information content (AvgIpc) is 2.16. The van der Waals surface area contributed by atoms with Crippen LogP contribution >= 0.6 is 0 Å². The second kappa shape index (κ2) is 4.69. The molecule has 6 heteroatoms. The fourth-order valence-corrected chi connectivity index (χ4v) is 1.22. The number of nitrogens with one attached hydrogen (secondary N) is 1. The topological polar surface area (TPSA) is 92.2 Å². The molecule has 1 aromatic heterocycles. The highest BCUT2D eigenvalue weighted by Gasteiger charge is 2.24. The largest absolute Gasteiger partial charge is 0.481 e. The van der Waals surface area contributed by atoms with Crippen molar-refractivity contribution in [1.82, 2.24) is 15.3 Å². The van der Waals surface area contributed by atoms with Crippen LogP contribution in [0.2, 0.25) is 0 Å². The number of nitrogens with zero attached hydrogens (tertiary/aromatic N) is 2. The molecule has 0 saturated heterocycles. The van der Waals surface area contributed by atoms with Crippen LogP contribution in [-0.4, -0.2) is 32.5 Å². The predicted molar refractivity (Wildman–Crippen MR) is 55.8 cm³/mol. The Balaban J connectivity index is 2.68. The number of aromatic nitrogens is 2. The van der Waals surface area contributed by atoms with Crippen LogP contribution in [0, 0.1) is 0 Å². The summed E-state index contributed by atoms with van der Waals surface area (Å²) in [6, 6.07) is 0. The molecule has 0 aliphatic heterocycles. The van der Waals surface area contributed by atoms with Crippen LogP contribution in [0.4, 0.5) is 0 Å². The van der Waals surface area contributed by atoms with Crippen molar-refractivity contribution in [3.8, 4) is 0 Å². The van der Waals surface area contributed by atoms with Crippen molar-refractivity contribution in [2.75, 3.05) is 0 Å². The second-order valence-electron chi connectivity index (χ2n) is 4.04. The molecular weight excluding hydrogens is 210 g/mol. The lowest BCUT2D eigenvalue weighted by molar-refractivity contribution is -0.138. The fraction of sp³-hybridized carbons (Fsp3) is 0.400. The molecule has 0 aromatic carbocycles. The van der Waals surface area contributed by atoms with E-state index >= 15 is 0 Å². The molecule has 0 unspecified atom stereocenters. The molecule has 0 fully saturated rings. The molecule has 1 aromatic rings. The van der Waals surface area contributed by atoms with Gasteiger partial charge in [0.05, 0.1) is 12.0 Å². The molecule has 0 bridgehead atoms. The quantitative estimate of drug-likeness (QED) is 0.773. The van der Waals surface area contributed by atoms with Crippen molar-refractivity contribution >= 4 is 11.9 Å². The van der Waals surface area contributed by atoms with E-state index in [4.69, 9.17) is 5.11 Å². The summed E-state index contributed by atoms with van der Waals surface area (Å²) in [7, 11) is 0. The Morgan fingerprint density at radius 2 is 1.94 bits per heavy atom. The van der Waals surface area contributed by atoms with Gasteiger partial charge in [-0.3, -0.25) is 9.59 Å². The molecule has 0 aliphatic carbocycles. The number of hydrogen-bond acceptors (Lipinski definition) is 4. The Morgan fingerprint density at radius 1 is 1.38 bits per heavy atom. The molecular formula is C10H13N3O3. The van der Waals surface area contributed by atoms with Crippen molar-refractivity contribution in [2.24, 2.45) is 0 Å². The third-order valence-electron chi connectivity index (χ3n) is 1.87. The van der Waals surface area contributed by atoms with Gasteiger partial charge in [0.1, 0.15) is 6.33 Å². The Labute approximate surface area is 92.7 Å². The van der Waals surface area contributed by atoms with E-state index in [0.29, 0.717) is 5.56 Å². The number of hydrogen-bond donors (Lipinski definition) is 2. The van der Waals surface area contributed by atoms with Crippen molar-refractivity contribution in [3.63, 3.8) is 0 Å². The highest BCUT2D eigenvalue weighted by molar-refractivity contribution is 5.94. The van der Waals surface area contributed by atoms with E-state index in [9.17, 15) is 9.59 Å². The summed E-state index contributed by atoms with van der Waals surface area (Å²) in [5.41, 5.74) is -0.500. The zero-order valence-corrected chi connectivity index (χ0v) is 9.10. The van der Waals surface area contributed by atoms with Crippen LogP contribution in [0.1, 0.15) is 30.6 Å². The molecule has 1 rings (SSSR count).